The topological polar surface area (TPSA) is 63.0 Å². The van der Waals surface area contributed by atoms with Gasteiger partial charge in [0.25, 0.3) is 0 Å². The van der Waals surface area contributed by atoms with E-state index in [2.05, 4.69) is 11.1 Å². The first kappa shape index (κ1) is 16.1. The molecule has 0 saturated heterocycles. The van der Waals surface area contributed by atoms with Crippen LogP contribution in [0.5, 0.6) is 0 Å². The van der Waals surface area contributed by atoms with Crippen LogP contribution in [-0.4, -0.2) is 23.3 Å². The quantitative estimate of drug-likeness (QED) is 0.601. The SMILES string of the molecule is CCCOC(=O)CSc1nc(-c2ccccc2)ccc1C#N. The first-order valence-electron chi connectivity index (χ1n) is 6.99. The van der Waals surface area contributed by atoms with Gasteiger partial charge in [0.15, 0.2) is 0 Å². The van der Waals surface area contributed by atoms with Crippen molar-refractivity contribution in [3.63, 3.8) is 0 Å². The lowest BCUT2D eigenvalue weighted by molar-refractivity contribution is -0.140. The monoisotopic (exact) mass is 312 g/mol. The summed E-state index contributed by atoms with van der Waals surface area (Å²) in [4.78, 5) is 16.1. The summed E-state index contributed by atoms with van der Waals surface area (Å²) in [5, 5.41) is 9.72. The van der Waals surface area contributed by atoms with Crippen LogP contribution in [0.25, 0.3) is 11.3 Å². The number of aromatic nitrogens is 1. The van der Waals surface area contributed by atoms with Gasteiger partial charge in [0.05, 0.1) is 23.6 Å². The first-order valence-corrected chi connectivity index (χ1v) is 7.98. The average molecular weight is 312 g/mol. The second-order valence-corrected chi connectivity index (χ2v) is 5.50. The zero-order valence-corrected chi connectivity index (χ0v) is 13.1. The third kappa shape index (κ3) is 4.34. The van der Waals surface area contributed by atoms with Crippen LogP contribution in [0.3, 0.4) is 0 Å². The summed E-state index contributed by atoms with van der Waals surface area (Å²) in [6, 6.07) is 15.4. The minimum atomic E-state index is -0.289. The number of esters is 1. The molecular weight excluding hydrogens is 296 g/mol. The molecular formula is C17H16N2O2S. The zero-order chi connectivity index (χ0) is 15.8. The number of thioether (sulfide) groups is 1. The van der Waals surface area contributed by atoms with Crippen molar-refractivity contribution < 1.29 is 9.53 Å². The lowest BCUT2D eigenvalue weighted by Gasteiger charge is -2.07. The number of benzene rings is 1. The van der Waals surface area contributed by atoms with E-state index in [4.69, 9.17) is 10.00 Å². The van der Waals surface area contributed by atoms with Crippen LogP contribution in [0, 0.1) is 11.3 Å². The van der Waals surface area contributed by atoms with Gasteiger partial charge in [-0.3, -0.25) is 4.79 Å². The van der Waals surface area contributed by atoms with E-state index in [0.29, 0.717) is 17.2 Å². The van der Waals surface area contributed by atoms with E-state index < -0.39 is 0 Å². The maximum atomic E-state index is 11.6. The van der Waals surface area contributed by atoms with Crippen LogP contribution in [0.15, 0.2) is 47.5 Å². The molecule has 5 heteroatoms. The third-order valence-electron chi connectivity index (χ3n) is 2.84. The van der Waals surface area contributed by atoms with E-state index in [1.165, 1.54) is 11.8 Å². The summed E-state index contributed by atoms with van der Waals surface area (Å²) in [5.41, 5.74) is 2.22. The smallest absolute Gasteiger partial charge is 0.316 e. The fourth-order valence-electron chi connectivity index (χ4n) is 1.79. The Balaban J connectivity index is 2.15. The maximum absolute atomic E-state index is 11.6. The molecule has 0 unspecified atom stereocenters. The Kier molecular flexibility index (Phi) is 5.99. The number of pyridine rings is 1. The highest BCUT2D eigenvalue weighted by Crippen LogP contribution is 2.25. The summed E-state index contributed by atoms with van der Waals surface area (Å²) >= 11 is 1.23. The molecule has 0 N–H and O–H groups in total. The molecule has 22 heavy (non-hydrogen) atoms. The van der Waals surface area contributed by atoms with Crippen molar-refractivity contribution in [3.05, 3.63) is 48.0 Å². The Morgan fingerprint density at radius 2 is 2.05 bits per heavy atom. The molecule has 1 heterocycles. The predicted molar refractivity (Wildman–Crippen MR) is 86.4 cm³/mol. The largest absolute Gasteiger partial charge is 0.465 e. The summed E-state index contributed by atoms with van der Waals surface area (Å²) in [6.45, 7) is 2.36. The highest BCUT2D eigenvalue weighted by atomic mass is 32.2. The van der Waals surface area contributed by atoms with E-state index in [1.54, 1.807) is 6.07 Å². The molecule has 0 atom stereocenters. The highest BCUT2D eigenvalue weighted by molar-refractivity contribution is 7.99. The summed E-state index contributed by atoms with van der Waals surface area (Å²) in [5.74, 6) is -0.137. The van der Waals surface area contributed by atoms with E-state index in [9.17, 15) is 4.79 Å². The van der Waals surface area contributed by atoms with Crippen molar-refractivity contribution in [2.45, 2.75) is 18.4 Å². The first-order chi connectivity index (χ1) is 10.7. The molecule has 0 saturated carbocycles. The van der Waals surface area contributed by atoms with E-state index in [1.807, 2.05) is 43.3 Å². The van der Waals surface area contributed by atoms with Crippen LogP contribution in [0.2, 0.25) is 0 Å². The Morgan fingerprint density at radius 1 is 1.27 bits per heavy atom. The van der Waals surface area contributed by atoms with Gasteiger partial charge in [-0.05, 0) is 18.6 Å². The molecule has 2 aromatic rings. The fourth-order valence-corrected chi connectivity index (χ4v) is 2.56. The molecule has 112 valence electrons. The van der Waals surface area contributed by atoms with Crippen LogP contribution in [0.4, 0.5) is 0 Å². The number of carbonyl (C=O) groups excluding carboxylic acids is 1. The van der Waals surface area contributed by atoms with Crippen molar-refractivity contribution in [3.8, 4) is 17.3 Å². The molecule has 0 aliphatic carbocycles. The fraction of sp³-hybridized carbons (Fsp3) is 0.235. The summed E-state index contributed by atoms with van der Waals surface area (Å²) < 4.78 is 5.03. The van der Waals surface area contributed by atoms with Gasteiger partial charge in [-0.25, -0.2) is 4.98 Å². The van der Waals surface area contributed by atoms with Crippen LogP contribution >= 0.6 is 11.8 Å². The lowest BCUT2D eigenvalue weighted by atomic mass is 10.1. The van der Waals surface area contributed by atoms with Gasteiger partial charge in [-0.2, -0.15) is 5.26 Å². The van der Waals surface area contributed by atoms with Gasteiger partial charge in [0.2, 0.25) is 0 Å². The minimum Gasteiger partial charge on any atom is -0.465 e. The Labute approximate surface area is 134 Å². The van der Waals surface area contributed by atoms with Gasteiger partial charge in [-0.1, -0.05) is 49.0 Å². The zero-order valence-electron chi connectivity index (χ0n) is 12.3. The van der Waals surface area contributed by atoms with Crippen molar-refractivity contribution in [1.82, 2.24) is 4.98 Å². The number of hydrogen-bond acceptors (Lipinski definition) is 5. The molecule has 1 aromatic carbocycles. The number of rotatable bonds is 6. The number of nitrogens with zero attached hydrogens (tertiary/aromatic N) is 2. The molecule has 0 amide bonds. The predicted octanol–water partition coefficient (Wildman–Crippen LogP) is 3.67. The van der Waals surface area contributed by atoms with Crippen LogP contribution < -0.4 is 0 Å². The van der Waals surface area contributed by atoms with E-state index >= 15 is 0 Å². The molecule has 0 fully saturated rings. The lowest BCUT2D eigenvalue weighted by Crippen LogP contribution is -2.08. The Bertz CT molecular complexity index is 681. The van der Waals surface area contributed by atoms with Gasteiger partial charge >= 0.3 is 5.97 Å². The standard InChI is InChI=1S/C17H16N2O2S/c1-2-10-21-16(20)12-22-17-14(11-18)8-9-15(19-17)13-6-4-3-5-7-13/h3-9H,2,10,12H2,1H3. The molecule has 0 aliphatic heterocycles. The number of nitriles is 1. The second kappa shape index (κ2) is 8.20. The molecule has 4 nitrogen and oxygen atoms in total. The average Bonchev–Trinajstić information content (AvgIpc) is 2.58. The summed E-state index contributed by atoms with van der Waals surface area (Å²) in [7, 11) is 0. The normalized spacial score (nSPS) is 10.0. The molecule has 0 spiro atoms. The Morgan fingerprint density at radius 3 is 2.73 bits per heavy atom. The van der Waals surface area contributed by atoms with Crippen molar-refractivity contribution in [2.75, 3.05) is 12.4 Å². The van der Waals surface area contributed by atoms with Crippen molar-refractivity contribution in [2.24, 2.45) is 0 Å². The van der Waals surface area contributed by atoms with E-state index in [-0.39, 0.29) is 11.7 Å². The molecule has 2 rings (SSSR count). The molecule has 0 aliphatic rings. The van der Waals surface area contributed by atoms with Gasteiger partial charge in [-0.15, -0.1) is 0 Å². The molecule has 1 aromatic heterocycles. The number of hydrogen-bond donors (Lipinski definition) is 0. The van der Waals surface area contributed by atoms with Crippen molar-refractivity contribution in [1.29, 1.82) is 5.26 Å². The molecule has 0 bridgehead atoms. The van der Waals surface area contributed by atoms with Gasteiger partial charge in [0.1, 0.15) is 11.1 Å². The van der Waals surface area contributed by atoms with Gasteiger partial charge < -0.3 is 4.74 Å². The highest BCUT2D eigenvalue weighted by Gasteiger charge is 2.11. The van der Waals surface area contributed by atoms with Crippen molar-refractivity contribution >= 4 is 17.7 Å². The molecule has 0 radical (unpaired) electrons. The minimum absolute atomic E-state index is 0.153. The van der Waals surface area contributed by atoms with E-state index in [0.717, 1.165) is 17.7 Å². The maximum Gasteiger partial charge on any atom is 0.316 e. The van der Waals surface area contributed by atoms with Crippen LogP contribution in [0.1, 0.15) is 18.9 Å². The van der Waals surface area contributed by atoms with Crippen LogP contribution in [-0.2, 0) is 9.53 Å². The Hall–Kier alpha value is -2.32. The number of ether oxygens (including phenoxy) is 1. The third-order valence-corrected chi connectivity index (χ3v) is 3.81. The summed E-state index contributed by atoms with van der Waals surface area (Å²) in [6.07, 6.45) is 0.793. The second-order valence-electron chi connectivity index (χ2n) is 4.54. The van der Waals surface area contributed by atoms with Gasteiger partial charge in [0, 0.05) is 5.56 Å². The number of carbonyl (C=O) groups is 1.